The second kappa shape index (κ2) is 5.49. The number of aliphatic imine (C=N–C) groups is 1. The molecular weight excluding hydrogens is 292 g/mol. The minimum absolute atomic E-state index is 0.0591. The average molecular weight is 312 g/mol. The number of carbonyl (C=O) groups is 1. The highest BCUT2D eigenvalue weighted by Gasteiger charge is 2.56. The fraction of sp³-hybridized carbons (Fsp3) is 0.444. The summed E-state index contributed by atoms with van der Waals surface area (Å²) < 4.78 is 10.8. The van der Waals surface area contributed by atoms with Crippen molar-refractivity contribution in [1.82, 2.24) is 0 Å². The van der Waals surface area contributed by atoms with Crippen molar-refractivity contribution in [2.45, 2.75) is 12.3 Å². The molecule has 5 heteroatoms. The van der Waals surface area contributed by atoms with Crippen LogP contribution < -0.4 is 9.64 Å². The number of methoxy groups -OCH3 is 1. The van der Waals surface area contributed by atoms with Crippen molar-refractivity contribution in [2.24, 2.45) is 16.8 Å². The monoisotopic (exact) mass is 312 g/mol. The van der Waals surface area contributed by atoms with E-state index in [-0.39, 0.29) is 12.5 Å². The highest BCUT2D eigenvalue weighted by atomic mass is 16.5. The van der Waals surface area contributed by atoms with Crippen molar-refractivity contribution in [1.29, 1.82) is 0 Å². The number of ether oxygens (including phenoxy) is 2. The number of rotatable bonds is 4. The summed E-state index contributed by atoms with van der Waals surface area (Å²) in [7, 11) is 3.31. The zero-order chi connectivity index (χ0) is 16.0. The van der Waals surface area contributed by atoms with Gasteiger partial charge in [-0.15, -0.1) is 0 Å². The van der Waals surface area contributed by atoms with Gasteiger partial charge in [0.25, 0.3) is 5.91 Å². The number of likely N-dealkylation sites (N-methyl/N-ethyl adjacent to an activating group) is 1. The maximum absolute atomic E-state index is 12.0. The molecule has 0 aromatic heterocycles. The summed E-state index contributed by atoms with van der Waals surface area (Å²) in [5.41, 5.74) is 3.28. The van der Waals surface area contributed by atoms with E-state index in [1.807, 2.05) is 18.3 Å². The predicted molar refractivity (Wildman–Crippen MR) is 88.1 cm³/mol. The van der Waals surface area contributed by atoms with Crippen LogP contribution in [0.15, 0.2) is 35.0 Å². The lowest BCUT2D eigenvalue weighted by molar-refractivity contribution is -0.121. The van der Waals surface area contributed by atoms with E-state index in [9.17, 15) is 4.79 Å². The maximum Gasteiger partial charge on any atom is 0.252 e. The van der Waals surface area contributed by atoms with E-state index in [1.165, 1.54) is 18.4 Å². The van der Waals surface area contributed by atoms with Gasteiger partial charge in [0.2, 0.25) is 0 Å². The Morgan fingerprint density at radius 1 is 1.43 bits per heavy atom. The van der Waals surface area contributed by atoms with Gasteiger partial charge in [-0.3, -0.25) is 9.79 Å². The van der Waals surface area contributed by atoms with Crippen LogP contribution in [0, 0.1) is 11.8 Å². The summed E-state index contributed by atoms with van der Waals surface area (Å²) in [6, 6.07) is 5.98. The average Bonchev–Trinajstić information content (AvgIpc) is 3.06. The molecule has 2 heterocycles. The van der Waals surface area contributed by atoms with Crippen molar-refractivity contribution in [2.75, 3.05) is 32.3 Å². The van der Waals surface area contributed by atoms with Gasteiger partial charge in [-0.2, -0.15) is 0 Å². The predicted octanol–water partition coefficient (Wildman–Crippen LogP) is 2.38. The zero-order valence-electron chi connectivity index (χ0n) is 13.4. The highest BCUT2D eigenvalue weighted by Crippen LogP contribution is 2.62. The molecule has 0 radical (unpaired) electrons. The fourth-order valence-electron chi connectivity index (χ4n) is 3.70. The Kier molecular flexibility index (Phi) is 3.45. The molecule has 1 aromatic rings. The van der Waals surface area contributed by atoms with Crippen LogP contribution in [0.3, 0.4) is 0 Å². The van der Waals surface area contributed by atoms with E-state index in [1.54, 1.807) is 11.9 Å². The smallest absolute Gasteiger partial charge is 0.252 e. The topological polar surface area (TPSA) is 51.1 Å². The molecule has 1 amide bonds. The molecule has 1 aliphatic carbocycles. The summed E-state index contributed by atoms with van der Waals surface area (Å²) >= 11 is 0. The van der Waals surface area contributed by atoms with Gasteiger partial charge in [0.15, 0.2) is 0 Å². The van der Waals surface area contributed by atoms with Crippen LogP contribution in [0.1, 0.15) is 17.9 Å². The molecule has 0 bridgehead atoms. The van der Waals surface area contributed by atoms with E-state index in [2.05, 4.69) is 17.1 Å². The number of amides is 1. The minimum atomic E-state index is -0.0591. The van der Waals surface area contributed by atoms with Gasteiger partial charge in [0.1, 0.15) is 12.4 Å². The Bertz CT molecular complexity index is 710. The van der Waals surface area contributed by atoms with E-state index < -0.39 is 0 Å². The van der Waals surface area contributed by atoms with Gasteiger partial charge < -0.3 is 14.4 Å². The number of allylic oxidation sites excluding steroid dienone is 2. The van der Waals surface area contributed by atoms with Crippen LogP contribution >= 0.6 is 0 Å². The minimum Gasteiger partial charge on any atom is -0.493 e. The lowest BCUT2D eigenvalue weighted by atomic mass is 10.0. The lowest BCUT2D eigenvalue weighted by Gasteiger charge is -2.21. The van der Waals surface area contributed by atoms with E-state index in [0.717, 1.165) is 24.5 Å². The second-order valence-corrected chi connectivity index (χ2v) is 6.31. The SMILES string of the molecule is COCC(=O)N(C)c1ccc2c(c1)[C@@H]1[C@H](CO2)[C@H]1C1=CCC=N1. The van der Waals surface area contributed by atoms with Crippen molar-refractivity contribution in [3.63, 3.8) is 0 Å². The standard InChI is InChI=1S/C18H20N2O3/c1-20(16(21)10-22-2)11-5-6-15-12(8-11)17-13(9-23-15)18(17)14-4-3-7-19-14/h4-8,13,17-18H,3,9-10H2,1-2H3/t13-,17+,18-/m0/s1. The molecule has 0 saturated heterocycles. The quantitative estimate of drug-likeness (QED) is 0.857. The first-order chi connectivity index (χ1) is 11.2. The number of benzene rings is 1. The molecule has 3 aliphatic rings. The third-order valence-corrected chi connectivity index (χ3v) is 5.00. The molecule has 0 N–H and O–H groups in total. The number of carbonyl (C=O) groups excluding carboxylic acids is 1. The zero-order valence-corrected chi connectivity index (χ0v) is 13.4. The van der Waals surface area contributed by atoms with Gasteiger partial charge in [-0.1, -0.05) is 6.08 Å². The first-order valence-corrected chi connectivity index (χ1v) is 7.95. The van der Waals surface area contributed by atoms with Gasteiger partial charge in [-0.05, 0) is 18.2 Å². The molecular formula is C18H20N2O3. The van der Waals surface area contributed by atoms with Gasteiger partial charge in [0.05, 0.1) is 6.61 Å². The number of anilines is 1. The van der Waals surface area contributed by atoms with Crippen molar-refractivity contribution in [3.05, 3.63) is 35.5 Å². The Morgan fingerprint density at radius 2 is 2.30 bits per heavy atom. The summed E-state index contributed by atoms with van der Waals surface area (Å²) in [5.74, 6) is 2.32. The first kappa shape index (κ1) is 14.5. The van der Waals surface area contributed by atoms with Crippen LogP contribution in [0.25, 0.3) is 0 Å². The largest absolute Gasteiger partial charge is 0.493 e. The van der Waals surface area contributed by atoms with Crippen LogP contribution in [0.5, 0.6) is 5.75 Å². The summed E-state index contributed by atoms with van der Waals surface area (Å²) in [4.78, 5) is 18.2. The molecule has 2 aliphatic heterocycles. The van der Waals surface area contributed by atoms with Crippen molar-refractivity contribution >= 4 is 17.8 Å². The van der Waals surface area contributed by atoms with E-state index >= 15 is 0 Å². The Hall–Kier alpha value is -2.14. The van der Waals surface area contributed by atoms with Crippen LogP contribution in [0.2, 0.25) is 0 Å². The number of fused-ring (bicyclic) bond motifs is 3. The van der Waals surface area contributed by atoms with Crippen molar-refractivity contribution in [3.8, 4) is 5.75 Å². The summed E-state index contributed by atoms with van der Waals surface area (Å²) in [6.07, 6.45) is 5.11. The molecule has 4 rings (SSSR count). The molecule has 3 atom stereocenters. The molecule has 120 valence electrons. The van der Waals surface area contributed by atoms with Crippen LogP contribution in [-0.2, 0) is 9.53 Å². The third kappa shape index (κ3) is 2.36. The number of hydrogen-bond donors (Lipinski definition) is 0. The maximum atomic E-state index is 12.0. The number of hydrogen-bond acceptors (Lipinski definition) is 4. The molecule has 5 nitrogen and oxygen atoms in total. The molecule has 1 fully saturated rings. The summed E-state index contributed by atoms with van der Waals surface area (Å²) in [5, 5.41) is 0. The van der Waals surface area contributed by atoms with Crippen LogP contribution in [0.4, 0.5) is 5.69 Å². The lowest BCUT2D eigenvalue weighted by Crippen LogP contribution is -2.29. The molecule has 1 saturated carbocycles. The Balaban J connectivity index is 1.61. The van der Waals surface area contributed by atoms with E-state index in [0.29, 0.717) is 17.8 Å². The van der Waals surface area contributed by atoms with Gasteiger partial charge >= 0.3 is 0 Å². The molecule has 0 unspecified atom stereocenters. The fourth-order valence-corrected chi connectivity index (χ4v) is 3.70. The number of nitrogens with zero attached hydrogens (tertiary/aromatic N) is 2. The molecule has 23 heavy (non-hydrogen) atoms. The second-order valence-electron chi connectivity index (χ2n) is 6.31. The molecule has 1 aromatic carbocycles. The van der Waals surface area contributed by atoms with Crippen molar-refractivity contribution < 1.29 is 14.3 Å². The Morgan fingerprint density at radius 3 is 3.04 bits per heavy atom. The summed E-state index contributed by atoms with van der Waals surface area (Å²) in [6.45, 7) is 0.841. The highest BCUT2D eigenvalue weighted by molar-refractivity contribution is 5.94. The van der Waals surface area contributed by atoms with Gasteiger partial charge in [-0.25, -0.2) is 0 Å². The third-order valence-electron chi connectivity index (χ3n) is 5.00. The van der Waals surface area contributed by atoms with E-state index in [4.69, 9.17) is 9.47 Å². The normalized spacial score (nSPS) is 26.9. The first-order valence-electron chi connectivity index (χ1n) is 7.95. The van der Waals surface area contributed by atoms with Crippen LogP contribution in [-0.4, -0.2) is 39.5 Å². The Labute approximate surface area is 135 Å². The molecule has 0 spiro atoms. The van der Waals surface area contributed by atoms with Gasteiger partial charge in [0, 0.05) is 61.5 Å².